The maximum absolute atomic E-state index is 4.34. The van der Waals surface area contributed by atoms with Crippen LogP contribution >= 0.6 is 0 Å². The van der Waals surface area contributed by atoms with Crippen molar-refractivity contribution in [2.24, 2.45) is 0 Å². The standard InChI is InChI=1S/C12H19N5Si/c1-4-18(5-2,6-3)10-7-8-13-11(9-10)12-14-16-17-15-12/h7-9H,4-6H2,1-3H3,(H,14,15,16,17). The fourth-order valence-electron chi connectivity index (χ4n) is 2.52. The van der Waals surface area contributed by atoms with E-state index in [0.29, 0.717) is 5.82 Å². The van der Waals surface area contributed by atoms with Crippen LogP contribution in [0, 0.1) is 0 Å². The molecule has 2 aromatic heterocycles. The fraction of sp³-hybridized carbons (Fsp3) is 0.500. The van der Waals surface area contributed by atoms with E-state index in [1.54, 1.807) is 0 Å². The molecular formula is C12H19N5Si. The second-order valence-electron chi connectivity index (χ2n) is 4.51. The molecule has 0 fully saturated rings. The molecule has 0 aromatic carbocycles. The predicted octanol–water partition coefficient (Wildman–Crippen LogP) is 1.98. The Morgan fingerprint density at radius 3 is 2.44 bits per heavy atom. The third-order valence-corrected chi connectivity index (χ3v) is 9.57. The van der Waals surface area contributed by atoms with Gasteiger partial charge in [0.2, 0.25) is 5.82 Å². The van der Waals surface area contributed by atoms with E-state index in [1.807, 2.05) is 6.20 Å². The SMILES string of the molecule is CC[Si](CC)(CC)c1ccnc(-c2nn[nH]n2)c1. The van der Waals surface area contributed by atoms with E-state index in [2.05, 4.69) is 58.5 Å². The van der Waals surface area contributed by atoms with Crippen molar-refractivity contribution in [3.63, 3.8) is 0 Å². The molecular weight excluding hydrogens is 242 g/mol. The van der Waals surface area contributed by atoms with Gasteiger partial charge in [-0.15, -0.1) is 10.2 Å². The molecule has 96 valence electrons. The topological polar surface area (TPSA) is 67.3 Å². The van der Waals surface area contributed by atoms with Gasteiger partial charge in [-0.1, -0.05) is 44.1 Å². The Morgan fingerprint density at radius 1 is 1.17 bits per heavy atom. The molecule has 0 aliphatic rings. The molecule has 2 aromatic rings. The monoisotopic (exact) mass is 261 g/mol. The number of tetrazole rings is 1. The molecule has 0 bridgehead atoms. The molecule has 6 heteroatoms. The van der Waals surface area contributed by atoms with E-state index in [4.69, 9.17) is 0 Å². The number of hydrogen-bond donors (Lipinski definition) is 1. The number of nitrogens with one attached hydrogen (secondary N) is 1. The van der Waals surface area contributed by atoms with Gasteiger partial charge in [-0.2, -0.15) is 5.21 Å². The van der Waals surface area contributed by atoms with Crippen molar-refractivity contribution in [3.05, 3.63) is 18.3 Å². The van der Waals surface area contributed by atoms with Gasteiger partial charge in [0, 0.05) is 6.20 Å². The molecule has 0 amide bonds. The van der Waals surface area contributed by atoms with E-state index in [1.165, 1.54) is 23.3 Å². The zero-order valence-corrected chi connectivity index (χ0v) is 12.1. The van der Waals surface area contributed by atoms with Crippen LogP contribution in [-0.4, -0.2) is 33.7 Å². The predicted molar refractivity (Wildman–Crippen MR) is 74.2 cm³/mol. The molecule has 5 nitrogen and oxygen atoms in total. The highest BCUT2D eigenvalue weighted by Crippen LogP contribution is 2.21. The zero-order chi connectivity index (χ0) is 13.0. The summed E-state index contributed by atoms with van der Waals surface area (Å²) >= 11 is 0. The van der Waals surface area contributed by atoms with Crippen molar-refractivity contribution in [1.29, 1.82) is 0 Å². The highest BCUT2D eigenvalue weighted by molar-refractivity contribution is 6.91. The summed E-state index contributed by atoms with van der Waals surface area (Å²) in [5, 5.41) is 15.5. The molecule has 0 saturated carbocycles. The first-order chi connectivity index (χ1) is 8.75. The van der Waals surface area contributed by atoms with Crippen LogP contribution in [0.25, 0.3) is 11.5 Å². The van der Waals surface area contributed by atoms with Crippen molar-refractivity contribution >= 4 is 13.3 Å². The van der Waals surface area contributed by atoms with Crippen LogP contribution in [0.15, 0.2) is 18.3 Å². The fourth-order valence-corrected chi connectivity index (χ4v) is 6.11. The number of nitrogens with zero attached hydrogens (tertiary/aromatic N) is 4. The third-order valence-electron chi connectivity index (χ3n) is 3.98. The number of aromatic nitrogens is 5. The molecule has 0 atom stereocenters. The minimum Gasteiger partial charge on any atom is -0.253 e. The van der Waals surface area contributed by atoms with Gasteiger partial charge in [0.05, 0.1) is 8.07 Å². The lowest BCUT2D eigenvalue weighted by Gasteiger charge is -2.28. The van der Waals surface area contributed by atoms with Gasteiger partial charge in [-0.05, 0) is 17.3 Å². The van der Waals surface area contributed by atoms with Gasteiger partial charge >= 0.3 is 0 Å². The zero-order valence-electron chi connectivity index (χ0n) is 11.1. The summed E-state index contributed by atoms with van der Waals surface area (Å²) < 4.78 is 0. The number of rotatable bonds is 5. The van der Waals surface area contributed by atoms with Crippen LogP contribution in [0.2, 0.25) is 18.1 Å². The van der Waals surface area contributed by atoms with Gasteiger partial charge in [0.1, 0.15) is 5.69 Å². The summed E-state index contributed by atoms with van der Waals surface area (Å²) in [5.74, 6) is 0.572. The van der Waals surface area contributed by atoms with Gasteiger partial charge in [-0.3, -0.25) is 4.98 Å². The van der Waals surface area contributed by atoms with E-state index in [0.717, 1.165) is 5.69 Å². The van der Waals surface area contributed by atoms with Crippen LogP contribution in [0.4, 0.5) is 0 Å². The largest absolute Gasteiger partial charge is 0.253 e. The van der Waals surface area contributed by atoms with Gasteiger partial charge in [-0.25, -0.2) is 0 Å². The highest BCUT2D eigenvalue weighted by atomic mass is 28.3. The maximum atomic E-state index is 4.34. The smallest absolute Gasteiger partial charge is 0.222 e. The average molecular weight is 261 g/mol. The molecule has 18 heavy (non-hydrogen) atoms. The molecule has 2 heterocycles. The van der Waals surface area contributed by atoms with Crippen molar-refractivity contribution in [3.8, 4) is 11.5 Å². The molecule has 0 saturated heterocycles. The number of H-pyrrole nitrogens is 1. The summed E-state index contributed by atoms with van der Waals surface area (Å²) in [5.41, 5.74) is 0.813. The lowest BCUT2D eigenvalue weighted by Crippen LogP contribution is -2.45. The molecule has 2 rings (SSSR count). The first-order valence-electron chi connectivity index (χ1n) is 6.46. The minimum absolute atomic E-state index is 0.572. The van der Waals surface area contributed by atoms with E-state index < -0.39 is 8.07 Å². The lowest BCUT2D eigenvalue weighted by atomic mass is 10.3. The van der Waals surface area contributed by atoms with Crippen molar-refractivity contribution in [1.82, 2.24) is 25.6 Å². The average Bonchev–Trinajstić information content (AvgIpc) is 2.96. The van der Waals surface area contributed by atoms with Crippen LogP contribution < -0.4 is 5.19 Å². The summed E-state index contributed by atoms with van der Waals surface area (Å²) in [4.78, 5) is 4.34. The Labute approximate surface area is 108 Å². The normalized spacial score (nSPS) is 11.7. The Hall–Kier alpha value is -1.56. The number of hydrogen-bond acceptors (Lipinski definition) is 4. The van der Waals surface area contributed by atoms with Crippen LogP contribution in [0.3, 0.4) is 0 Å². The van der Waals surface area contributed by atoms with Crippen LogP contribution in [-0.2, 0) is 0 Å². The second-order valence-corrected chi connectivity index (χ2v) is 9.77. The molecule has 0 aliphatic heterocycles. The molecule has 1 N–H and O–H groups in total. The van der Waals surface area contributed by atoms with E-state index in [9.17, 15) is 0 Å². The minimum atomic E-state index is -1.36. The highest BCUT2D eigenvalue weighted by Gasteiger charge is 2.29. The van der Waals surface area contributed by atoms with E-state index in [-0.39, 0.29) is 0 Å². The summed E-state index contributed by atoms with van der Waals surface area (Å²) in [7, 11) is -1.36. The molecule has 0 radical (unpaired) electrons. The van der Waals surface area contributed by atoms with Gasteiger partial charge < -0.3 is 0 Å². The Balaban J connectivity index is 2.43. The summed E-state index contributed by atoms with van der Waals surface area (Å²) in [6.07, 6.45) is 1.86. The number of pyridine rings is 1. The Bertz CT molecular complexity index is 485. The lowest BCUT2D eigenvalue weighted by molar-refractivity contribution is 0.881. The maximum Gasteiger partial charge on any atom is 0.222 e. The summed E-state index contributed by atoms with van der Waals surface area (Å²) in [6, 6.07) is 8.08. The molecule has 0 aliphatic carbocycles. The van der Waals surface area contributed by atoms with Crippen molar-refractivity contribution < 1.29 is 0 Å². The van der Waals surface area contributed by atoms with E-state index >= 15 is 0 Å². The molecule has 0 spiro atoms. The van der Waals surface area contributed by atoms with Gasteiger partial charge in [0.15, 0.2) is 0 Å². The van der Waals surface area contributed by atoms with Crippen molar-refractivity contribution in [2.75, 3.05) is 0 Å². The quantitative estimate of drug-likeness (QED) is 0.836. The second kappa shape index (κ2) is 5.39. The van der Waals surface area contributed by atoms with Crippen LogP contribution in [0.5, 0.6) is 0 Å². The first-order valence-corrected chi connectivity index (χ1v) is 9.08. The van der Waals surface area contributed by atoms with Gasteiger partial charge in [0.25, 0.3) is 0 Å². The van der Waals surface area contributed by atoms with Crippen molar-refractivity contribution in [2.45, 2.75) is 38.9 Å². The first kappa shape index (κ1) is 12.9. The third kappa shape index (κ3) is 2.20. The Kier molecular flexibility index (Phi) is 3.86. The number of aromatic amines is 1. The Morgan fingerprint density at radius 2 is 1.89 bits per heavy atom. The van der Waals surface area contributed by atoms with Crippen LogP contribution in [0.1, 0.15) is 20.8 Å². The summed E-state index contributed by atoms with van der Waals surface area (Å²) in [6.45, 7) is 6.90. The molecule has 0 unspecified atom stereocenters.